The monoisotopic (exact) mass is 428 g/mol. The van der Waals surface area contributed by atoms with Crippen molar-refractivity contribution in [2.75, 3.05) is 25.0 Å². The number of hydrogen-bond acceptors (Lipinski definition) is 2. The minimum Gasteiger partial charge on any atom is -0.508 e. The van der Waals surface area contributed by atoms with Crippen LogP contribution in [0, 0.1) is 13.8 Å². The molecule has 1 heterocycles. The van der Waals surface area contributed by atoms with Crippen molar-refractivity contribution in [2.24, 2.45) is 0 Å². The molecule has 26 heavy (non-hydrogen) atoms. The number of anilines is 1. The molecule has 1 aliphatic heterocycles. The molecule has 4 nitrogen and oxygen atoms in total. The van der Waals surface area contributed by atoms with Crippen molar-refractivity contribution in [3.63, 3.8) is 0 Å². The van der Waals surface area contributed by atoms with E-state index >= 15 is 0 Å². The van der Waals surface area contributed by atoms with E-state index in [0.29, 0.717) is 6.54 Å². The van der Waals surface area contributed by atoms with Crippen molar-refractivity contribution in [2.45, 2.75) is 33.2 Å². The van der Waals surface area contributed by atoms with Crippen LogP contribution in [0.4, 0.5) is 5.69 Å². The number of aromatic hydroxyl groups is 1. The van der Waals surface area contributed by atoms with Crippen molar-refractivity contribution in [1.29, 1.82) is 0 Å². The molecule has 1 saturated heterocycles. The SMILES string of the molecule is Cc1cc(O)cc(C)c1NC(=O)C[N+]1(Cc2ccccc2)CCCC1.[Y]. The average molecular weight is 428 g/mol. The fraction of sp³-hybridized carbons (Fsp3) is 0.381. The molecular weight excluding hydrogens is 401 g/mol. The third-order valence-corrected chi connectivity index (χ3v) is 5.14. The quantitative estimate of drug-likeness (QED) is 0.563. The Morgan fingerprint density at radius 1 is 1.08 bits per heavy atom. The standard InChI is InChI=1S/C21H26N2O2.Y/c1-16-12-19(24)13-17(2)21(16)22-20(25)15-23(10-6-7-11-23)14-18-8-4-3-5-9-18;/h3-5,8-9,12-13H,6-7,10-11,14-15H2,1-2H3,(H-,22,24,25);/p+1. The van der Waals surface area contributed by atoms with E-state index in [-0.39, 0.29) is 44.4 Å². The molecule has 1 radical (unpaired) electrons. The molecule has 1 aliphatic rings. The molecule has 1 amide bonds. The first kappa shape index (κ1) is 21.1. The first-order valence-electron chi connectivity index (χ1n) is 8.97. The predicted molar refractivity (Wildman–Crippen MR) is 100 cm³/mol. The Bertz CT molecular complexity index is 733. The van der Waals surface area contributed by atoms with Crippen molar-refractivity contribution >= 4 is 11.6 Å². The van der Waals surface area contributed by atoms with Gasteiger partial charge in [0.2, 0.25) is 0 Å². The molecular formula is C21H27N2O2Y+. The number of benzene rings is 2. The zero-order valence-electron chi connectivity index (χ0n) is 15.7. The molecule has 0 bridgehead atoms. The number of amides is 1. The molecule has 2 N–H and O–H groups in total. The summed E-state index contributed by atoms with van der Waals surface area (Å²) in [5.74, 6) is 0.287. The minimum absolute atomic E-state index is 0. The Labute approximate surface area is 181 Å². The van der Waals surface area contributed by atoms with Crippen LogP contribution in [0.15, 0.2) is 42.5 Å². The molecule has 0 atom stereocenters. The second-order valence-corrected chi connectivity index (χ2v) is 7.30. The van der Waals surface area contributed by atoms with Crippen LogP contribution in [-0.2, 0) is 44.0 Å². The van der Waals surface area contributed by atoms with Gasteiger partial charge in [0.1, 0.15) is 12.3 Å². The predicted octanol–water partition coefficient (Wildman–Crippen LogP) is 3.76. The number of nitrogens with zero attached hydrogens (tertiary/aromatic N) is 1. The van der Waals surface area contributed by atoms with Gasteiger partial charge < -0.3 is 14.9 Å². The average Bonchev–Trinajstić information content (AvgIpc) is 2.99. The van der Waals surface area contributed by atoms with Gasteiger partial charge in [-0.25, -0.2) is 0 Å². The van der Waals surface area contributed by atoms with Crippen molar-refractivity contribution < 1.29 is 47.1 Å². The van der Waals surface area contributed by atoms with Crippen LogP contribution in [-0.4, -0.2) is 35.1 Å². The van der Waals surface area contributed by atoms with Crippen LogP contribution in [0.1, 0.15) is 29.5 Å². The van der Waals surface area contributed by atoms with Gasteiger partial charge in [-0.1, -0.05) is 30.3 Å². The van der Waals surface area contributed by atoms with Gasteiger partial charge in [0.25, 0.3) is 5.91 Å². The van der Waals surface area contributed by atoms with Crippen molar-refractivity contribution in [3.8, 4) is 5.75 Å². The number of likely N-dealkylation sites (tertiary alicyclic amines) is 1. The van der Waals surface area contributed by atoms with Gasteiger partial charge in [-0.05, 0) is 37.1 Å². The van der Waals surface area contributed by atoms with Gasteiger partial charge >= 0.3 is 0 Å². The number of carbonyl (C=O) groups excluding carboxylic acids is 1. The van der Waals surface area contributed by atoms with E-state index in [4.69, 9.17) is 0 Å². The first-order chi connectivity index (χ1) is 12.0. The molecule has 2 aromatic rings. The molecule has 5 heteroatoms. The van der Waals surface area contributed by atoms with E-state index in [9.17, 15) is 9.90 Å². The first-order valence-corrected chi connectivity index (χ1v) is 8.97. The molecule has 0 aromatic heterocycles. The van der Waals surface area contributed by atoms with Crippen LogP contribution in [0.25, 0.3) is 0 Å². The van der Waals surface area contributed by atoms with E-state index in [2.05, 4.69) is 29.6 Å². The molecule has 0 aliphatic carbocycles. The summed E-state index contributed by atoms with van der Waals surface area (Å²) < 4.78 is 0.825. The number of quaternary nitrogens is 1. The maximum absolute atomic E-state index is 12.8. The van der Waals surface area contributed by atoms with Crippen LogP contribution in [0.5, 0.6) is 5.75 Å². The van der Waals surface area contributed by atoms with Crippen LogP contribution in [0.2, 0.25) is 0 Å². The van der Waals surface area contributed by atoms with Gasteiger partial charge in [-0.15, -0.1) is 0 Å². The van der Waals surface area contributed by atoms with Gasteiger partial charge in [-0.3, -0.25) is 4.79 Å². The molecule has 2 aromatic carbocycles. The number of hydrogen-bond donors (Lipinski definition) is 2. The number of rotatable bonds is 5. The second kappa shape index (κ2) is 9.12. The fourth-order valence-corrected chi connectivity index (χ4v) is 3.97. The van der Waals surface area contributed by atoms with Crippen molar-refractivity contribution in [3.05, 3.63) is 59.2 Å². The number of aryl methyl sites for hydroxylation is 2. The van der Waals surface area contributed by atoms with Gasteiger partial charge in [0, 0.05) is 56.8 Å². The normalized spacial score (nSPS) is 15.3. The molecule has 1 fully saturated rings. The summed E-state index contributed by atoms with van der Waals surface area (Å²) in [7, 11) is 0. The third kappa shape index (κ3) is 5.15. The van der Waals surface area contributed by atoms with E-state index < -0.39 is 0 Å². The maximum Gasteiger partial charge on any atom is 0.279 e. The van der Waals surface area contributed by atoms with Gasteiger partial charge in [-0.2, -0.15) is 0 Å². The number of nitrogens with one attached hydrogen (secondary N) is 1. The Hall–Kier alpha value is -1.23. The summed E-state index contributed by atoms with van der Waals surface area (Å²) in [4.78, 5) is 12.8. The van der Waals surface area contributed by atoms with E-state index in [1.165, 1.54) is 18.4 Å². The largest absolute Gasteiger partial charge is 0.508 e. The number of phenolic OH excluding ortho intramolecular Hbond substituents is 1. The maximum atomic E-state index is 12.8. The van der Waals surface area contributed by atoms with Gasteiger partial charge in [0.15, 0.2) is 6.54 Å². The number of phenols is 1. The zero-order valence-corrected chi connectivity index (χ0v) is 18.5. The molecule has 0 saturated carbocycles. The Morgan fingerprint density at radius 3 is 2.23 bits per heavy atom. The molecule has 0 unspecified atom stereocenters. The van der Waals surface area contributed by atoms with E-state index in [1.54, 1.807) is 12.1 Å². The summed E-state index contributed by atoms with van der Waals surface area (Å²) in [5, 5.41) is 12.7. The van der Waals surface area contributed by atoms with Crippen LogP contribution >= 0.6 is 0 Å². The Morgan fingerprint density at radius 2 is 1.65 bits per heavy atom. The zero-order chi connectivity index (χ0) is 17.9. The molecule has 135 valence electrons. The minimum atomic E-state index is 0. The number of carbonyl (C=O) groups is 1. The van der Waals surface area contributed by atoms with E-state index in [1.807, 2.05) is 19.9 Å². The van der Waals surface area contributed by atoms with Crippen molar-refractivity contribution in [1.82, 2.24) is 0 Å². The summed E-state index contributed by atoms with van der Waals surface area (Å²) in [5.41, 5.74) is 3.89. The molecule has 3 rings (SSSR count). The van der Waals surface area contributed by atoms with Crippen LogP contribution < -0.4 is 5.32 Å². The van der Waals surface area contributed by atoms with Crippen LogP contribution in [0.3, 0.4) is 0 Å². The summed E-state index contributed by atoms with van der Waals surface area (Å²) in [6, 6.07) is 13.8. The Balaban J connectivity index is 0.00000243. The Kier molecular flexibility index (Phi) is 7.39. The van der Waals surface area contributed by atoms with Gasteiger partial charge in [0.05, 0.1) is 13.1 Å². The topological polar surface area (TPSA) is 49.3 Å². The summed E-state index contributed by atoms with van der Waals surface area (Å²) in [6.45, 7) is 7.32. The molecule has 0 spiro atoms. The third-order valence-electron chi connectivity index (χ3n) is 5.14. The smallest absolute Gasteiger partial charge is 0.279 e. The fourth-order valence-electron chi connectivity index (χ4n) is 3.97. The summed E-state index contributed by atoms with van der Waals surface area (Å²) >= 11 is 0. The summed E-state index contributed by atoms with van der Waals surface area (Å²) in [6.07, 6.45) is 2.36. The second-order valence-electron chi connectivity index (χ2n) is 7.30. The van der Waals surface area contributed by atoms with E-state index in [0.717, 1.165) is 40.9 Å².